The molecule has 5 rings (SSSR count). The van der Waals surface area contributed by atoms with Crippen molar-refractivity contribution in [3.8, 4) is 22.4 Å². The highest BCUT2D eigenvalue weighted by Crippen LogP contribution is 2.36. The van der Waals surface area contributed by atoms with Crippen LogP contribution in [0.2, 0.25) is 0 Å². The molecule has 1 unspecified atom stereocenters. The maximum Gasteiger partial charge on any atom is 0.227 e. The molecule has 5 aromatic rings. The number of rotatable bonds is 4. The molecule has 0 bridgehead atoms. The van der Waals surface area contributed by atoms with Crippen molar-refractivity contribution in [2.75, 3.05) is 0 Å². The summed E-state index contributed by atoms with van der Waals surface area (Å²) in [5.41, 5.74) is 7.08. The van der Waals surface area contributed by atoms with Crippen molar-refractivity contribution in [3.05, 3.63) is 83.4 Å². The molecule has 0 aliphatic carbocycles. The number of fused-ring (bicyclic) bond motifs is 3. The minimum absolute atomic E-state index is 0.212. The van der Waals surface area contributed by atoms with Gasteiger partial charge in [0.1, 0.15) is 12.9 Å². The monoisotopic (exact) mass is 443 g/mol. The summed E-state index contributed by atoms with van der Waals surface area (Å²) in [5.74, 6) is -2.31. The molecule has 0 N–H and O–H groups in total. The first-order valence-electron chi connectivity index (χ1n) is 12.9. The normalized spacial score (nSPS) is 15.7. The van der Waals surface area contributed by atoms with Crippen LogP contribution in [-0.4, -0.2) is 4.98 Å². The predicted molar refractivity (Wildman–Crippen MR) is 132 cm³/mol. The number of hydrogen-bond donors (Lipinski definition) is 0. The summed E-state index contributed by atoms with van der Waals surface area (Å²) in [5, 5.41) is 1.97. The van der Waals surface area contributed by atoms with Crippen LogP contribution in [0, 0.1) is 25.6 Å². The summed E-state index contributed by atoms with van der Waals surface area (Å²) >= 11 is 0. The lowest BCUT2D eigenvalue weighted by Crippen LogP contribution is -2.31. The molecule has 166 valence electrons. The molecule has 0 spiro atoms. The van der Waals surface area contributed by atoms with E-state index in [0.717, 1.165) is 50.0 Å². The Kier molecular flexibility index (Phi) is 4.18. The molecule has 2 aromatic carbocycles. The Hall–Kier alpha value is -3.53. The smallest absolute Gasteiger partial charge is 0.227 e. The van der Waals surface area contributed by atoms with Crippen LogP contribution >= 0.6 is 0 Å². The van der Waals surface area contributed by atoms with Gasteiger partial charge in [-0.1, -0.05) is 32.0 Å². The molecule has 0 saturated carbocycles. The number of furan rings is 1. The Morgan fingerprint density at radius 2 is 1.85 bits per heavy atom. The van der Waals surface area contributed by atoms with Crippen molar-refractivity contribution in [2.45, 2.75) is 34.0 Å². The van der Waals surface area contributed by atoms with Crippen LogP contribution < -0.4 is 4.57 Å². The molecule has 0 aliphatic heterocycles. The highest BCUT2D eigenvalue weighted by Gasteiger charge is 2.21. The fraction of sp³-hybridized carbons (Fsp3) is 0.241. The Bertz CT molecular complexity index is 1670. The minimum atomic E-state index is -2.52. The van der Waals surface area contributed by atoms with Crippen molar-refractivity contribution >= 4 is 22.1 Å². The second-order valence-electron chi connectivity index (χ2n) is 8.72. The van der Waals surface area contributed by atoms with Gasteiger partial charge >= 0.3 is 0 Å². The second kappa shape index (κ2) is 8.11. The van der Waals surface area contributed by atoms with E-state index in [9.17, 15) is 4.39 Å². The zero-order valence-electron chi connectivity index (χ0n) is 23.2. The van der Waals surface area contributed by atoms with Crippen LogP contribution in [0.25, 0.3) is 44.5 Å². The van der Waals surface area contributed by atoms with Crippen LogP contribution in [0.5, 0.6) is 0 Å². The van der Waals surface area contributed by atoms with E-state index >= 15 is 0 Å². The van der Waals surface area contributed by atoms with E-state index in [1.807, 2.05) is 55.9 Å². The predicted octanol–water partition coefficient (Wildman–Crippen LogP) is 7.09. The fourth-order valence-electron chi connectivity index (χ4n) is 4.44. The number of pyridine rings is 2. The molecule has 3 aromatic heterocycles. The van der Waals surface area contributed by atoms with Crippen molar-refractivity contribution in [1.29, 1.82) is 0 Å². The third kappa shape index (κ3) is 3.80. The lowest BCUT2D eigenvalue weighted by molar-refractivity contribution is -0.659. The van der Waals surface area contributed by atoms with E-state index in [-0.39, 0.29) is 12.0 Å². The quantitative estimate of drug-likeness (QED) is 0.277. The summed E-state index contributed by atoms with van der Waals surface area (Å²) in [4.78, 5) is 4.56. The maximum absolute atomic E-state index is 14.6. The zero-order chi connectivity index (χ0) is 26.7. The van der Waals surface area contributed by atoms with Crippen LogP contribution in [0.1, 0.15) is 36.1 Å². The van der Waals surface area contributed by atoms with E-state index in [1.165, 1.54) is 13.0 Å². The summed E-state index contributed by atoms with van der Waals surface area (Å²) < 4.78 is 54.0. The van der Waals surface area contributed by atoms with Gasteiger partial charge in [-0.3, -0.25) is 0 Å². The highest BCUT2D eigenvalue weighted by atomic mass is 19.1. The molecule has 0 amide bonds. The summed E-state index contributed by atoms with van der Waals surface area (Å²) in [6, 6.07) is 16.8. The van der Waals surface area contributed by atoms with Crippen molar-refractivity contribution in [2.24, 2.45) is 12.9 Å². The van der Waals surface area contributed by atoms with Crippen LogP contribution in [0.15, 0.2) is 65.2 Å². The number of halogens is 1. The molecule has 1 atom stereocenters. The van der Waals surface area contributed by atoms with Gasteiger partial charge in [0.25, 0.3) is 0 Å². The molecule has 3 heterocycles. The number of benzene rings is 2. The number of aryl methyl sites for hydroxylation is 3. The van der Waals surface area contributed by atoms with Gasteiger partial charge in [0.05, 0.1) is 5.56 Å². The summed E-state index contributed by atoms with van der Waals surface area (Å²) in [7, 11) is 1.95. The molecule has 0 radical (unpaired) electrons. The Labute approximate surface area is 199 Å². The molecule has 0 fully saturated rings. The van der Waals surface area contributed by atoms with Gasteiger partial charge < -0.3 is 4.42 Å². The van der Waals surface area contributed by atoms with Gasteiger partial charge in [0, 0.05) is 33.6 Å². The SMILES string of the molecule is [2H]C([2H])([2H])C([2H])(C)Cc1cc(-c2ccc(-c3c(C)ccc4c3oc3nc(C)ccc34)[n+](C)c2)ccc1F. The number of nitrogens with zero attached hydrogens (tertiary/aromatic N) is 2. The lowest BCUT2D eigenvalue weighted by Gasteiger charge is -2.10. The summed E-state index contributed by atoms with van der Waals surface area (Å²) in [6.07, 6.45) is 1.74. The van der Waals surface area contributed by atoms with Gasteiger partial charge in [-0.25, -0.2) is 13.9 Å². The molecular formula is C29H28FN2O+. The van der Waals surface area contributed by atoms with Crippen molar-refractivity contribution in [1.82, 2.24) is 4.98 Å². The Morgan fingerprint density at radius 3 is 2.64 bits per heavy atom. The average Bonchev–Trinajstić information content (AvgIpc) is 3.17. The standard InChI is InChI=1S/C29H28FN2O/c1-17(2)14-22-15-20(8-12-25(22)30)21-9-13-26(32(5)16-21)27-18(3)6-10-23-24-11-7-19(4)31-29(24)33-28(23)27/h6-13,15-17H,14H2,1-5H3/q+1/i1D3,17D. The van der Waals surface area contributed by atoms with Crippen molar-refractivity contribution < 1.29 is 18.9 Å². The van der Waals surface area contributed by atoms with Crippen LogP contribution in [-0.2, 0) is 13.5 Å². The third-order valence-electron chi connectivity index (χ3n) is 6.08. The van der Waals surface area contributed by atoms with Gasteiger partial charge in [0.2, 0.25) is 11.4 Å². The van der Waals surface area contributed by atoms with E-state index in [2.05, 4.69) is 17.1 Å². The first-order chi connectivity index (χ1) is 17.4. The molecule has 0 saturated heterocycles. The lowest BCUT2D eigenvalue weighted by atomic mass is 9.97. The molecule has 0 aliphatic rings. The molecule has 4 heteroatoms. The average molecular weight is 444 g/mol. The third-order valence-corrected chi connectivity index (χ3v) is 6.08. The fourth-order valence-corrected chi connectivity index (χ4v) is 4.44. The number of aromatic nitrogens is 2. The van der Waals surface area contributed by atoms with Crippen LogP contribution in [0.4, 0.5) is 4.39 Å². The Morgan fingerprint density at radius 1 is 1.06 bits per heavy atom. The van der Waals surface area contributed by atoms with Crippen LogP contribution in [0.3, 0.4) is 0 Å². The zero-order valence-corrected chi connectivity index (χ0v) is 19.2. The van der Waals surface area contributed by atoms with Gasteiger partial charge in [0.15, 0.2) is 11.8 Å². The summed E-state index contributed by atoms with van der Waals surface area (Å²) in [6.45, 7) is 2.78. The van der Waals surface area contributed by atoms with E-state index in [0.29, 0.717) is 5.71 Å². The number of hydrogen-bond acceptors (Lipinski definition) is 2. The first-order valence-corrected chi connectivity index (χ1v) is 10.9. The van der Waals surface area contributed by atoms with E-state index in [1.54, 1.807) is 12.1 Å². The van der Waals surface area contributed by atoms with Gasteiger partial charge in [-0.05, 0) is 73.2 Å². The highest BCUT2D eigenvalue weighted by molar-refractivity contribution is 6.08. The van der Waals surface area contributed by atoms with E-state index < -0.39 is 18.6 Å². The van der Waals surface area contributed by atoms with Crippen molar-refractivity contribution in [3.63, 3.8) is 0 Å². The Balaban J connectivity index is 1.58. The van der Waals surface area contributed by atoms with E-state index in [4.69, 9.17) is 9.90 Å². The van der Waals surface area contributed by atoms with Gasteiger partial charge in [-0.15, -0.1) is 0 Å². The second-order valence-corrected chi connectivity index (χ2v) is 8.72. The largest absolute Gasteiger partial charge is 0.437 e. The van der Waals surface area contributed by atoms with Gasteiger partial charge in [-0.2, -0.15) is 0 Å². The molecule has 33 heavy (non-hydrogen) atoms. The maximum atomic E-state index is 14.6. The minimum Gasteiger partial charge on any atom is -0.437 e. The molecule has 3 nitrogen and oxygen atoms in total. The first kappa shape index (κ1) is 17.0. The molecular weight excluding hydrogens is 411 g/mol. The topological polar surface area (TPSA) is 29.9 Å².